The lowest BCUT2D eigenvalue weighted by Crippen LogP contribution is -1.91. The number of hydrogen-bond donors (Lipinski definition) is 0. The number of rotatable bonds is 3. The summed E-state index contributed by atoms with van der Waals surface area (Å²) in [4.78, 5) is 0. The molecule has 0 radical (unpaired) electrons. The van der Waals surface area contributed by atoms with Crippen molar-refractivity contribution in [2.75, 3.05) is 0 Å². The lowest BCUT2D eigenvalue weighted by Gasteiger charge is -2.18. The molecule has 9 rings (SSSR count). The van der Waals surface area contributed by atoms with Crippen LogP contribution in [0.15, 0.2) is 164 Å². The fraction of sp³-hybridized carbons (Fsp3) is 0.0222. The van der Waals surface area contributed by atoms with E-state index in [2.05, 4.69) is 171 Å². The summed E-state index contributed by atoms with van der Waals surface area (Å²) >= 11 is 0. The van der Waals surface area contributed by atoms with Crippen molar-refractivity contribution < 1.29 is 0 Å². The SMILES string of the molecule is Cc1ccc2cc(-c3c4ccccc4c(-c4ccc5cc(-c6ccc7ccccc7c6)ccc5c4)c4ccccc34)ccc2c1. The number of hydrogen-bond acceptors (Lipinski definition) is 0. The van der Waals surface area contributed by atoms with Crippen molar-refractivity contribution in [1.29, 1.82) is 0 Å². The monoisotopic (exact) mass is 570 g/mol. The summed E-state index contributed by atoms with van der Waals surface area (Å²) in [7, 11) is 0. The Morgan fingerprint density at radius 2 is 0.600 bits per heavy atom. The van der Waals surface area contributed by atoms with Crippen LogP contribution in [0.4, 0.5) is 0 Å². The molecule has 9 aromatic rings. The molecule has 0 atom stereocenters. The molecule has 45 heavy (non-hydrogen) atoms. The first-order chi connectivity index (χ1) is 22.2. The molecule has 0 fully saturated rings. The molecule has 0 unspecified atom stereocenters. The molecule has 0 aliphatic heterocycles. The maximum atomic E-state index is 2.37. The standard InChI is InChI=1S/C45H30/c1-29-14-15-33-27-38(22-20-32(33)24-29)44-40-10-4-6-12-42(40)45(43-13-7-5-11-41(43)44)39-23-21-36-26-35(18-19-37(36)28-39)34-17-16-30-8-2-3-9-31(30)25-34/h2-28H,1H3. The first-order valence-corrected chi connectivity index (χ1v) is 15.7. The minimum absolute atomic E-state index is 1.24. The van der Waals surface area contributed by atoms with Crippen molar-refractivity contribution in [2.24, 2.45) is 0 Å². The zero-order chi connectivity index (χ0) is 29.9. The highest BCUT2D eigenvalue weighted by atomic mass is 14.2. The van der Waals surface area contributed by atoms with Gasteiger partial charge in [-0.1, -0.05) is 145 Å². The Balaban J connectivity index is 1.23. The average Bonchev–Trinajstić information content (AvgIpc) is 3.09. The molecule has 0 N–H and O–H groups in total. The largest absolute Gasteiger partial charge is 0.0616 e. The molecule has 0 heterocycles. The van der Waals surface area contributed by atoms with Gasteiger partial charge < -0.3 is 0 Å². The summed E-state index contributed by atoms with van der Waals surface area (Å²) < 4.78 is 0. The predicted octanol–water partition coefficient (Wildman–Crippen LogP) is 12.8. The second-order valence-electron chi connectivity index (χ2n) is 12.2. The minimum atomic E-state index is 1.24. The van der Waals surface area contributed by atoms with Crippen molar-refractivity contribution in [2.45, 2.75) is 6.92 Å². The van der Waals surface area contributed by atoms with Crippen LogP contribution in [0.25, 0.3) is 87.2 Å². The Morgan fingerprint density at radius 3 is 1.11 bits per heavy atom. The van der Waals surface area contributed by atoms with E-state index in [9.17, 15) is 0 Å². The molecule has 210 valence electrons. The van der Waals surface area contributed by atoms with E-state index in [0.717, 1.165) is 0 Å². The van der Waals surface area contributed by atoms with Gasteiger partial charge in [-0.3, -0.25) is 0 Å². The Bertz CT molecular complexity index is 2550. The Hall–Kier alpha value is -5.72. The van der Waals surface area contributed by atoms with Crippen molar-refractivity contribution in [3.8, 4) is 33.4 Å². The van der Waals surface area contributed by atoms with Gasteiger partial charge in [0.2, 0.25) is 0 Å². The van der Waals surface area contributed by atoms with E-state index in [0.29, 0.717) is 0 Å². The molecule has 0 nitrogen and oxygen atoms in total. The van der Waals surface area contributed by atoms with Gasteiger partial charge in [-0.2, -0.15) is 0 Å². The molecule has 0 aromatic heterocycles. The van der Waals surface area contributed by atoms with Crippen LogP contribution in [0.1, 0.15) is 5.56 Å². The third-order valence-electron chi connectivity index (χ3n) is 9.43. The quantitative estimate of drug-likeness (QED) is 0.185. The molecular weight excluding hydrogens is 540 g/mol. The van der Waals surface area contributed by atoms with Crippen molar-refractivity contribution in [3.05, 3.63) is 169 Å². The second-order valence-corrected chi connectivity index (χ2v) is 12.2. The molecule has 0 heteroatoms. The van der Waals surface area contributed by atoms with Gasteiger partial charge in [-0.25, -0.2) is 0 Å². The van der Waals surface area contributed by atoms with Crippen LogP contribution in [0.5, 0.6) is 0 Å². The minimum Gasteiger partial charge on any atom is -0.0616 e. The topological polar surface area (TPSA) is 0 Å². The maximum Gasteiger partial charge on any atom is -0.00262 e. The van der Waals surface area contributed by atoms with Crippen LogP contribution < -0.4 is 0 Å². The van der Waals surface area contributed by atoms with E-state index >= 15 is 0 Å². The van der Waals surface area contributed by atoms with Crippen molar-refractivity contribution >= 4 is 53.9 Å². The summed E-state index contributed by atoms with van der Waals surface area (Å²) in [5.41, 5.74) is 8.87. The molecule has 0 bridgehead atoms. The molecule has 0 saturated heterocycles. The fourth-order valence-electron chi connectivity index (χ4n) is 7.22. The first-order valence-electron chi connectivity index (χ1n) is 15.7. The molecular formula is C45H30. The van der Waals surface area contributed by atoms with Crippen LogP contribution in [0, 0.1) is 6.92 Å². The van der Waals surface area contributed by atoms with Crippen LogP contribution >= 0.6 is 0 Å². The van der Waals surface area contributed by atoms with Gasteiger partial charge >= 0.3 is 0 Å². The van der Waals surface area contributed by atoms with Gasteiger partial charge in [0, 0.05) is 0 Å². The van der Waals surface area contributed by atoms with E-state index in [1.165, 1.54) is 92.8 Å². The summed E-state index contributed by atoms with van der Waals surface area (Å²) in [6.45, 7) is 2.16. The van der Waals surface area contributed by atoms with Crippen molar-refractivity contribution in [3.63, 3.8) is 0 Å². The van der Waals surface area contributed by atoms with Gasteiger partial charge in [0.1, 0.15) is 0 Å². The smallest absolute Gasteiger partial charge is 0.00262 e. The molecule has 9 aromatic carbocycles. The Morgan fingerprint density at radius 1 is 0.267 bits per heavy atom. The molecule has 0 spiro atoms. The lowest BCUT2D eigenvalue weighted by molar-refractivity contribution is 1.51. The van der Waals surface area contributed by atoms with E-state index in [1.54, 1.807) is 0 Å². The summed E-state index contributed by atoms with van der Waals surface area (Å²) in [6.07, 6.45) is 0. The van der Waals surface area contributed by atoms with Crippen LogP contribution in [0.3, 0.4) is 0 Å². The van der Waals surface area contributed by atoms with Gasteiger partial charge in [-0.15, -0.1) is 0 Å². The predicted molar refractivity (Wildman–Crippen MR) is 195 cm³/mol. The summed E-state index contributed by atoms with van der Waals surface area (Å²) in [6, 6.07) is 60.6. The highest BCUT2D eigenvalue weighted by molar-refractivity contribution is 6.22. The molecule has 0 aliphatic carbocycles. The highest BCUT2D eigenvalue weighted by Crippen LogP contribution is 2.44. The average molecular weight is 571 g/mol. The zero-order valence-electron chi connectivity index (χ0n) is 25.1. The normalized spacial score (nSPS) is 11.7. The second kappa shape index (κ2) is 10.2. The van der Waals surface area contributed by atoms with E-state index in [4.69, 9.17) is 0 Å². The Kier molecular flexibility index (Phi) is 5.83. The van der Waals surface area contributed by atoms with E-state index in [1.807, 2.05) is 0 Å². The third kappa shape index (κ3) is 4.30. The van der Waals surface area contributed by atoms with Gasteiger partial charge in [-0.05, 0) is 118 Å². The van der Waals surface area contributed by atoms with Crippen LogP contribution in [-0.2, 0) is 0 Å². The number of fused-ring (bicyclic) bond motifs is 5. The Labute approximate surface area is 262 Å². The van der Waals surface area contributed by atoms with E-state index in [-0.39, 0.29) is 0 Å². The van der Waals surface area contributed by atoms with Crippen LogP contribution in [0.2, 0.25) is 0 Å². The fourth-order valence-corrected chi connectivity index (χ4v) is 7.22. The molecule has 0 amide bonds. The third-order valence-corrected chi connectivity index (χ3v) is 9.43. The van der Waals surface area contributed by atoms with E-state index < -0.39 is 0 Å². The van der Waals surface area contributed by atoms with Gasteiger partial charge in [0.05, 0.1) is 0 Å². The summed E-state index contributed by atoms with van der Waals surface area (Å²) in [5.74, 6) is 0. The summed E-state index contributed by atoms with van der Waals surface area (Å²) in [5, 5.41) is 12.7. The van der Waals surface area contributed by atoms with Crippen molar-refractivity contribution in [1.82, 2.24) is 0 Å². The van der Waals surface area contributed by atoms with Gasteiger partial charge in [0.15, 0.2) is 0 Å². The molecule has 0 aliphatic rings. The zero-order valence-corrected chi connectivity index (χ0v) is 25.1. The number of aryl methyl sites for hydroxylation is 1. The number of benzene rings is 9. The highest BCUT2D eigenvalue weighted by Gasteiger charge is 2.17. The first kappa shape index (κ1) is 25.7. The molecule has 0 saturated carbocycles. The van der Waals surface area contributed by atoms with Crippen LogP contribution in [-0.4, -0.2) is 0 Å². The lowest BCUT2D eigenvalue weighted by atomic mass is 9.85. The van der Waals surface area contributed by atoms with Gasteiger partial charge in [0.25, 0.3) is 0 Å². The maximum absolute atomic E-state index is 2.37.